The molecule has 2 nitrogen and oxygen atoms in total. The molecule has 3 unspecified atom stereocenters. The second-order valence-electron chi connectivity index (χ2n) is 6.21. The summed E-state index contributed by atoms with van der Waals surface area (Å²) in [6.07, 6.45) is 2.56. The third-order valence-electron chi connectivity index (χ3n) is 4.70. The van der Waals surface area contributed by atoms with Crippen molar-refractivity contribution in [3.63, 3.8) is 0 Å². The van der Waals surface area contributed by atoms with Gasteiger partial charge in [-0.3, -0.25) is 0 Å². The van der Waals surface area contributed by atoms with Crippen LogP contribution >= 0.6 is 0 Å². The first-order valence-corrected chi connectivity index (χ1v) is 8.22. The van der Waals surface area contributed by atoms with Crippen molar-refractivity contribution in [3.05, 3.63) is 35.4 Å². The van der Waals surface area contributed by atoms with Crippen molar-refractivity contribution in [1.29, 1.82) is 0 Å². The van der Waals surface area contributed by atoms with Crippen molar-refractivity contribution in [2.75, 3.05) is 19.6 Å². The molecule has 0 fully saturated rings. The number of likely N-dealkylation sites (N-methyl/N-ethyl adjacent to an activating group) is 1. The molecule has 0 amide bonds. The Bertz CT molecular complexity index is 412. The minimum Gasteiger partial charge on any atom is -0.306 e. The minimum absolute atomic E-state index is 0.535. The summed E-state index contributed by atoms with van der Waals surface area (Å²) in [5.41, 5.74) is 3.07. The fourth-order valence-electron chi connectivity index (χ4n) is 3.44. The molecule has 0 bridgehead atoms. The summed E-state index contributed by atoms with van der Waals surface area (Å²) in [5, 5.41) is 3.85. The van der Waals surface area contributed by atoms with Gasteiger partial charge in [0.05, 0.1) is 0 Å². The van der Waals surface area contributed by atoms with Gasteiger partial charge in [0.15, 0.2) is 0 Å². The highest BCUT2D eigenvalue weighted by atomic mass is 15.1. The van der Waals surface area contributed by atoms with E-state index in [-0.39, 0.29) is 0 Å². The Hall–Kier alpha value is -0.860. The van der Waals surface area contributed by atoms with Crippen molar-refractivity contribution in [3.8, 4) is 0 Å². The highest BCUT2D eigenvalue weighted by molar-refractivity contribution is 5.34. The number of hydrogen-bond acceptors (Lipinski definition) is 2. The van der Waals surface area contributed by atoms with Crippen molar-refractivity contribution in [1.82, 2.24) is 10.2 Å². The number of rotatable bonds is 6. The van der Waals surface area contributed by atoms with Crippen LogP contribution in [0.4, 0.5) is 0 Å². The lowest BCUT2D eigenvalue weighted by Gasteiger charge is -2.33. The molecular weight excluding hydrogens is 244 g/mol. The van der Waals surface area contributed by atoms with Gasteiger partial charge >= 0.3 is 0 Å². The lowest BCUT2D eigenvalue weighted by molar-refractivity contribution is 0.255. The Morgan fingerprint density at radius 2 is 1.80 bits per heavy atom. The molecular formula is C18H30N2. The molecule has 0 saturated carbocycles. The second-order valence-corrected chi connectivity index (χ2v) is 6.21. The zero-order valence-electron chi connectivity index (χ0n) is 13.5. The molecule has 1 N–H and O–H groups in total. The van der Waals surface area contributed by atoms with E-state index >= 15 is 0 Å². The van der Waals surface area contributed by atoms with Gasteiger partial charge < -0.3 is 10.2 Å². The maximum Gasteiger partial charge on any atom is 0.0326 e. The average Bonchev–Trinajstić information content (AvgIpc) is 2.48. The molecule has 0 aliphatic heterocycles. The monoisotopic (exact) mass is 274 g/mol. The zero-order chi connectivity index (χ0) is 14.5. The Morgan fingerprint density at radius 3 is 2.45 bits per heavy atom. The van der Waals surface area contributed by atoms with Crippen molar-refractivity contribution < 1.29 is 0 Å². The van der Waals surface area contributed by atoms with E-state index in [1.165, 1.54) is 18.4 Å². The van der Waals surface area contributed by atoms with Gasteiger partial charge in [-0.1, -0.05) is 45.0 Å². The number of nitrogens with zero attached hydrogens (tertiary/aromatic N) is 1. The minimum atomic E-state index is 0.535. The Balaban J connectivity index is 2.02. The van der Waals surface area contributed by atoms with E-state index in [4.69, 9.17) is 0 Å². The Labute approximate surface area is 124 Å². The van der Waals surface area contributed by atoms with Crippen molar-refractivity contribution >= 4 is 0 Å². The first-order valence-electron chi connectivity index (χ1n) is 8.22. The van der Waals surface area contributed by atoms with E-state index in [1.807, 2.05) is 0 Å². The molecule has 2 heteroatoms. The standard InChI is InChI=1S/C18H30N2/c1-5-20(6-2)13-15(4)19-18-12-11-14(3)16-9-7-8-10-17(16)18/h7-10,14-15,18-19H,5-6,11-13H2,1-4H3. The number of hydrogen-bond donors (Lipinski definition) is 1. The van der Waals surface area contributed by atoms with Gasteiger partial charge in [-0.25, -0.2) is 0 Å². The number of benzene rings is 1. The van der Waals surface area contributed by atoms with E-state index in [1.54, 1.807) is 5.56 Å². The molecule has 0 saturated heterocycles. The maximum absolute atomic E-state index is 3.85. The average molecular weight is 274 g/mol. The molecule has 1 aromatic rings. The van der Waals surface area contributed by atoms with Crippen LogP contribution in [0.3, 0.4) is 0 Å². The summed E-state index contributed by atoms with van der Waals surface area (Å²) in [5.74, 6) is 0.710. The highest BCUT2D eigenvalue weighted by Gasteiger charge is 2.25. The highest BCUT2D eigenvalue weighted by Crippen LogP contribution is 2.37. The normalized spacial score (nSPS) is 23.6. The molecule has 0 aromatic heterocycles. The van der Waals surface area contributed by atoms with Crippen LogP contribution in [0.25, 0.3) is 0 Å². The molecule has 112 valence electrons. The van der Waals surface area contributed by atoms with Crippen LogP contribution in [0.15, 0.2) is 24.3 Å². The molecule has 1 aliphatic rings. The molecule has 0 radical (unpaired) electrons. The quantitative estimate of drug-likeness (QED) is 0.845. The summed E-state index contributed by atoms with van der Waals surface area (Å²) in [7, 11) is 0. The van der Waals surface area contributed by atoms with Crippen LogP contribution in [-0.4, -0.2) is 30.6 Å². The van der Waals surface area contributed by atoms with Crippen LogP contribution < -0.4 is 5.32 Å². The van der Waals surface area contributed by atoms with Gasteiger partial charge in [0.1, 0.15) is 0 Å². The predicted octanol–water partition coefficient (Wildman–Crippen LogP) is 3.94. The summed E-state index contributed by atoms with van der Waals surface area (Å²) >= 11 is 0. The largest absolute Gasteiger partial charge is 0.306 e. The molecule has 2 rings (SSSR count). The van der Waals surface area contributed by atoms with E-state index in [0.29, 0.717) is 18.0 Å². The van der Waals surface area contributed by atoms with Gasteiger partial charge in [-0.2, -0.15) is 0 Å². The first-order chi connectivity index (χ1) is 9.65. The summed E-state index contributed by atoms with van der Waals surface area (Å²) in [4.78, 5) is 2.50. The van der Waals surface area contributed by atoms with E-state index in [9.17, 15) is 0 Å². The SMILES string of the molecule is CCN(CC)CC(C)NC1CCC(C)c2ccccc21. The maximum atomic E-state index is 3.85. The molecule has 1 aromatic carbocycles. The predicted molar refractivity (Wildman–Crippen MR) is 87.2 cm³/mol. The van der Waals surface area contributed by atoms with Gasteiger partial charge in [0, 0.05) is 18.6 Å². The van der Waals surface area contributed by atoms with Gasteiger partial charge in [-0.15, -0.1) is 0 Å². The lowest BCUT2D eigenvalue weighted by Crippen LogP contribution is -2.41. The molecule has 0 spiro atoms. The summed E-state index contributed by atoms with van der Waals surface area (Å²) in [6.45, 7) is 12.6. The number of fused-ring (bicyclic) bond motifs is 1. The van der Waals surface area contributed by atoms with Crippen LogP contribution in [0.2, 0.25) is 0 Å². The Kier molecular flexibility index (Phi) is 5.62. The van der Waals surface area contributed by atoms with Crippen molar-refractivity contribution in [2.24, 2.45) is 0 Å². The summed E-state index contributed by atoms with van der Waals surface area (Å²) < 4.78 is 0. The third kappa shape index (κ3) is 3.62. The van der Waals surface area contributed by atoms with Crippen LogP contribution in [-0.2, 0) is 0 Å². The smallest absolute Gasteiger partial charge is 0.0326 e. The van der Waals surface area contributed by atoms with Crippen LogP contribution in [0, 0.1) is 0 Å². The second kappa shape index (κ2) is 7.24. The van der Waals surface area contributed by atoms with E-state index in [2.05, 4.69) is 62.2 Å². The lowest BCUT2D eigenvalue weighted by atomic mass is 9.81. The van der Waals surface area contributed by atoms with E-state index < -0.39 is 0 Å². The number of nitrogens with one attached hydrogen (secondary N) is 1. The van der Waals surface area contributed by atoms with E-state index in [0.717, 1.165) is 19.6 Å². The van der Waals surface area contributed by atoms with Gasteiger partial charge in [0.2, 0.25) is 0 Å². The van der Waals surface area contributed by atoms with Crippen LogP contribution in [0.5, 0.6) is 0 Å². The fourth-order valence-corrected chi connectivity index (χ4v) is 3.44. The topological polar surface area (TPSA) is 15.3 Å². The van der Waals surface area contributed by atoms with Crippen LogP contribution in [0.1, 0.15) is 63.6 Å². The zero-order valence-corrected chi connectivity index (χ0v) is 13.5. The van der Waals surface area contributed by atoms with Gasteiger partial charge in [0.25, 0.3) is 0 Å². The molecule has 3 atom stereocenters. The van der Waals surface area contributed by atoms with Crippen molar-refractivity contribution in [2.45, 2.75) is 58.5 Å². The molecule has 1 aliphatic carbocycles. The first kappa shape index (κ1) is 15.5. The van der Waals surface area contributed by atoms with Gasteiger partial charge in [-0.05, 0) is 49.9 Å². The fraction of sp³-hybridized carbons (Fsp3) is 0.667. The third-order valence-corrected chi connectivity index (χ3v) is 4.70. The Morgan fingerprint density at radius 1 is 1.15 bits per heavy atom. The summed E-state index contributed by atoms with van der Waals surface area (Å²) in [6, 6.07) is 10.1. The molecule has 0 heterocycles. The molecule has 20 heavy (non-hydrogen) atoms.